The summed E-state index contributed by atoms with van der Waals surface area (Å²) < 4.78 is 24.8. The van der Waals surface area contributed by atoms with Crippen LogP contribution in [-0.4, -0.2) is 23.2 Å². The molecule has 106 valence electrons. The molecule has 0 unspecified atom stereocenters. The van der Waals surface area contributed by atoms with Crippen LogP contribution in [0.25, 0.3) is 11.4 Å². The summed E-state index contributed by atoms with van der Waals surface area (Å²) in [5.41, 5.74) is 1.71. The number of benzene rings is 1. The lowest BCUT2D eigenvalue weighted by Crippen LogP contribution is -2.06. The van der Waals surface area contributed by atoms with Crippen LogP contribution in [0.5, 0.6) is 0 Å². The van der Waals surface area contributed by atoms with Gasteiger partial charge in [-0.3, -0.25) is 4.57 Å². The van der Waals surface area contributed by atoms with E-state index >= 15 is 0 Å². The minimum atomic E-state index is -3.91. The van der Waals surface area contributed by atoms with Crippen molar-refractivity contribution in [1.82, 2.24) is 14.8 Å². The minimum absolute atomic E-state index is 0.0959. The SMILES string of the molecule is Cc1cc(Cl)ccc1-c1nnc(S(=O)(=O)Cl)n1C1CC1. The Balaban J connectivity index is 2.22. The molecule has 1 fully saturated rings. The van der Waals surface area contributed by atoms with Crippen molar-refractivity contribution in [2.75, 3.05) is 0 Å². The highest BCUT2D eigenvalue weighted by Gasteiger charge is 2.34. The Bertz CT molecular complexity index is 782. The standard InChI is InChI=1S/C12H11Cl2N3O2S/c1-7-6-8(13)2-5-10(7)11-15-16-12(20(14,18)19)17(11)9-3-4-9/h2,5-6,9H,3-4H2,1H3. The van der Waals surface area contributed by atoms with Gasteiger partial charge in [-0.2, -0.15) is 0 Å². The Hall–Kier alpha value is -1.11. The maximum Gasteiger partial charge on any atom is 0.296 e. The third-order valence-electron chi connectivity index (χ3n) is 3.22. The summed E-state index contributed by atoms with van der Waals surface area (Å²) in [4.78, 5) is 0. The second-order valence-corrected chi connectivity index (χ2v) is 7.70. The first-order valence-corrected chi connectivity index (χ1v) is 8.73. The van der Waals surface area contributed by atoms with Gasteiger partial charge in [0.1, 0.15) is 0 Å². The number of hydrogen-bond donors (Lipinski definition) is 0. The highest BCUT2D eigenvalue weighted by Crippen LogP contribution is 2.41. The summed E-state index contributed by atoms with van der Waals surface area (Å²) in [6.45, 7) is 1.89. The van der Waals surface area contributed by atoms with E-state index in [2.05, 4.69) is 10.2 Å². The molecule has 1 aliphatic carbocycles. The molecule has 5 nitrogen and oxygen atoms in total. The van der Waals surface area contributed by atoms with Crippen molar-refractivity contribution in [3.8, 4) is 11.4 Å². The van der Waals surface area contributed by atoms with E-state index in [0.717, 1.165) is 24.0 Å². The lowest BCUT2D eigenvalue weighted by Gasteiger charge is -2.09. The normalized spacial score (nSPS) is 15.6. The Morgan fingerprint density at radius 1 is 1.30 bits per heavy atom. The topological polar surface area (TPSA) is 64.8 Å². The van der Waals surface area contributed by atoms with Crippen LogP contribution in [0.3, 0.4) is 0 Å². The van der Waals surface area contributed by atoms with Gasteiger partial charge in [0.25, 0.3) is 14.2 Å². The Morgan fingerprint density at radius 2 is 2.00 bits per heavy atom. The zero-order valence-electron chi connectivity index (χ0n) is 10.5. The van der Waals surface area contributed by atoms with Gasteiger partial charge in [0.15, 0.2) is 5.82 Å². The number of hydrogen-bond acceptors (Lipinski definition) is 4. The Kier molecular flexibility index (Phi) is 3.27. The predicted molar refractivity (Wildman–Crippen MR) is 76.5 cm³/mol. The van der Waals surface area contributed by atoms with E-state index in [1.165, 1.54) is 0 Å². The van der Waals surface area contributed by atoms with E-state index in [9.17, 15) is 8.42 Å². The summed E-state index contributed by atoms with van der Waals surface area (Å²) in [5, 5.41) is 8.19. The second kappa shape index (κ2) is 4.72. The zero-order chi connectivity index (χ0) is 14.5. The van der Waals surface area contributed by atoms with Crippen LogP contribution < -0.4 is 0 Å². The summed E-state index contributed by atoms with van der Waals surface area (Å²) in [7, 11) is 1.52. The molecule has 0 spiro atoms. The molecule has 0 atom stereocenters. The number of rotatable bonds is 3. The number of halogens is 2. The molecule has 0 N–H and O–H groups in total. The molecule has 0 radical (unpaired) electrons. The van der Waals surface area contributed by atoms with Gasteiger partial charge in [0, 0.05) is 27.3 Å². The monoisotopic (exact) mass is 331 g/mol. The summed E-state index contributed by atoms with van der Waals surface area (Å²) in [6.07, 6.45) is 1.80. The Labute approximate surface area is 126 Å². The molecule has 1 heterocycles. The van der Waals surface area contributed by atoms with Crippen molar-refractivity contribution in [1.29, 1.82) is 0 Å². The zero-order valence-corrected chi connectivity index (χ0v) is 12.9. The molecule has 0 aliphatic heterocycles. The minimum Gasteiger partial charge on any atom is -0.294 e. The van der Waals surface area contributed by atoms with Crippen molar-refractivity contribution in [2.24, 2.45) is 0 Å². The van der Waals surface area contributed by atoms with Crippen LogP contribution in [0.4, 0.5) is 0 Å². The van der Waals surface area contributed by atoms with E-state index in [1.54, 1.807) is 16.7 Å². The van der Waals surface area contributed by atoms with Gasteiger partial charge in [-0.15, -0.1) is 10.2 Å². The average molecular weight is 332 g/mol. The van der Waals surface area contributed by atoms with E-state index in [-0.39, 0.29) is 11.2 Å². The maximum atomic E-state index is 11.6. The highest BCUT2D eigenvalue weighted by atomic mass is 35.7. The van der Waals surface area contributed by atoms with E-state index in [4.69, 9.17) is 22.3 Å². The van der Waals surface area contributed by atoms with Crippen LogP contribution in [0.15, 0.2) is 23.4 Å². The van der Waals surface area contributed by atoms with Gasteiger partial charge in [-0.25, -0.2) is 8.42 Å². The molecule has 8 heteroatoms. The van der Waals surface area contributed by atoms with Gasteiger partial charge in [-0.05, 0) is 43.5 Å². The van der Waals surface area contributed by atoms with Crippen LogP contribution in [0, 0.1) is 6.92 Å². The first-order chi connectivity index (χ1) is 9.38. The van der Waals surface area contributed by atoms with Crippen molar-refractivity contribution < 1.29 is 8.42 Å². The number of aromatic nitrogens is 3. The van der Waals surface area contributed by atoms with Crippen LogP contribution in [0.2, 0.25) is 5.02 Å². The molecule has 1 saturated carbocycles. The fourth-order valence-electron chi connectivity index (χ4n) is 2.17. The van der Waals surface area contributed by atoms with Crippen molar-refractivity contribution in [2.45, 2.75) is 31.0 Å². The third-order valence-corrected chi connectivity index (χ3v) is 4.59. The predicted octanol–water partition coefficient (Wildman–Crippen LogP) is 3.17. The van der Waals surface area contributed by atoms with Crippen molar-refractivity contribution in [3.63, 3.8) is 0 Å². The van der Waals surface area contributed by atoms with E-state index in [0.29, 0.717) is 10.8 Å². The second-order valence-electron chi connectivity index (χ2n) is 4.80. The summed E-state index contributed by atoms with van der Waals surface area (Å²) >= 11 is 5.94. The van der Waals surface area contributed by atoms with Crippen LogP contribution in [-0.2, 0) is 9.05 Å². The van der Waals surface area contributed by atoms with Crippen LogP contribution in [0.1, 0.15) is 24.4 Å². The highest BCUT2D eigenvalue weighted by molar-refractivity contribution is 8.13. The fraction of sp³-hybridized carbons (Fsp3) is 0.333. The molecule has 1 aliphatic rings. The summed E-state index contributed by atoms with van der Waals surface area (Å²) in [6, 6.07) is 5.45. The van der Waals surface area contributed by atoms with Crippen molar-refractivity contribution in [3.05, 3.63) is 28.8 Å². The molecule has 0 saturated heterocycles. The lowest BCUT2D eigenvalue weighted by molar-refractivity contribution is 0.579. The first kappa shape index (κ1) is 13.9. The van der Waals surface area contributed by atoms with Gasteiger partial charge in [-0.1, -0.05) is 11.6 Å². The largest absolute Gasteiger partial charge is 0.296 e. The molecule has 1 aromatic heterocycles. The molecule has 0 amide bonds. The third kappa shape index (κ3) is 2.43. The molecule has 1 aromatic carbocycles. The first-order valence-electron chi connectivity index (χ1n) is 6.04. The van der Waals surface area contributed by atoms with Gasteiger partial charge < -0.3 is 0 Å². The fourth-order valence-corrected chi connectivity index (χ4v) is 3.32. The van der Waals surface area contributed by atoms with Crippen LogP contribution >= 0.6 is 22.3 Å². The van der Waals surface area contributed by atoms with E-state index in [1.807, 2.05) is 13.0 Å². The number of nitrogens with zero attached hydrogens (tertiary/aromatic N) is 3. The Morgan fingerprint density at radius 3 is 2.55 bits per heavy atom. The van der Waals surface area contributed by atoms with Gasteiger partial charge in [0.2, 0.25) is 0 Å². The summed E-state index contributed by atoms with van der Waals surface area (Å²) in [5.74, 6) is 0.515. The van der Waals surface area contributed by atoms with Gasteiger partial charge >= 0.3 is 0 Å². The lowest BCUT2D eigenvalue weighted by atomic mass is 10.1. The molecule has 20 heavy (non-hydrogen) atoms. The molecule has 2 aromatic rings. The van der Waals surface area contributed by atoms with Gasteiger partial charge in [0.05, 0.1) is 0 Å². The molecular weight excluding hydrogens is 321 g/mol. The maximum absolute atomic E-state index is 11.6. The van der Waals surface area contributed by atoms with E-state index < -0.39 is 9.05 Å². The molecule has 3 rings (SSSR count). The van der Waals surface area contributed by atoms with Crippen molar-refractivity contribution >= 4 is 31.3 Å². The quantitative estimate of drug-likeness (QED) is 0.810. The smallest absolute Gasteiger partial charge is 0.294 e. The molecule has 0 bridgehead atoms. The average Bonchev–Trinajstić information content (AvgIpc) is 3.07. The number of aryl methyl sites for hydroxylation is 1. The molecular formula is C12H11Cl2N3O2S.